The van der Waals surface area contributed by atoms with Crippen LogP contribution in [0.1, 0.15) is 20.3 Å². The van der Waals surface area contributed by atoms with E-state index in [4.69, 9.17) is 32.7 Å². The quantitative estimate of drug-likeness (QED) is 0.840. The first kappa shape index (κ1) is 16.8. The molecule has 1 aliphatic heterocycles. The Morgan fingerprint density at radius 1 is 1.48 bits per heavy atom. The van der Waals surface area contributed by atoms with Gasteiger partial charge in [0.25, 0.3) is 0 Å². The van der Waals surface area contributed by atoms with Crippen LogP contribution in [0.2, 0.25) is 10.0 Å². The van der Waals surface area contributed by atoms with Crippen LogP contribution in [0.4, 0.5) is 0 Å². The lowest BCUT2D eigenvalue weighted by Crippen LogP contribution is -2.51. The summed E-state index contributed by atoms with van der Waals surface area (Å²) in [7, 11) is 0. The van der Waals surface area contributed by atoms with Crippen molar-refractivity contribution in [3.05, 3.63) is 28.2 Å². The summed E-state index contributed by atoms with van der Waals surface area (Å²) < 4.78 is 11.1. The number of nitrogens with one attached hydrogen (secondary N) is 1. The monoisotopic (exact) mass is 333 g/mol. The topological polar surface area (TPSA) is 50.7 Å². The average Bonchev–Trinajstić information content (AvgIpc) is 2.78. The third kappa shape index (κ3) is 4.47. The molecule has 0 aromatic heterocycles. The fourth-order valence-electron chi connectivity index (χ4n) is 2.24. The molecular formula is C15H21Cl2NO3. The molecule has 1 aromatic carbocycles. The molecule has 6 heteroatoms. The van der Waals surface area contributed by atoms with Crippen molar-refractivity contribution < 1.29 is 14.6 Å². The fourth-order valence-corrected chi connectivity index (χ4v) is 2.52. The van der Waals surface area contributed by atoms with E-state index < -0.39 is 6.10 Å². The van der Waals surface area contributed by atoms with Crippen LogP contribution in [-0.4, -0.2) is 42.6 Å². The molecule has 0 aliphatic carbocycles. The van der Waals surface area contributed by atoms with Crippen molar-refractivity contribution in [1.82, 2.24) is 5.32 Å². The van der Waals surface area contributed by atoms with Crippen molar-refractivity contribution in [2.75, 3.05) is 19.8 Å². The first-order chi connectivity index (χ1) is 9.90. The van der Waals surface area contributed by atoms with Crippen molar-refractivity contribution in [1.29, 1.82) is 0 Å². The molecule has 3 atom stereocenters. The standard InChI is InChI=1S/C15H21Cl2NO3/c1-10-15(2,5-6-20-10)18-8-11(19)9-21-12-3-4-13(16)14(17)7-12/h3-4,7,10-11,18-19H,5-6,8-9H2,1-2H3. The lowest BCUT2D eigenvalue weighted by atomic mass is 9.94. The molecule has 0 amide bonds. The Hall–Kier alpha value is -0.520. The van der Waals surface area contributed by atoms with E-state index in [0.29, 0.717) is 22.3 Å². The van der Waals surface area contributed by atoms with Crippen molar-refractivity contribution in [2.45, 2.75) is 38.0 Å². The van der Waals surface area contributed by atoms with Gasteiger partial charge in [-0.25, -0.2) is 0 Å². The van der Waals surface area contributed by atoms with E-state index in [-0.39, 0.29) is 18.2 Å². The average molecular weight is 334 g/mol. The normalized spacial score (nSPS) is 26.8. The van der Waals surface area contributed by atoms with Crippen molar-refractivity contribution in [3.8, 4) is 5.75 Å². The van der Waals surface area contributed by atoms with Crippen LogP contribution in [0.5, 0.6) is 5.75 Å². The van der Waals surface area contributed by atoms with E-state index in [9.17, 15) is 5.11 Å². The van der Waals surface area contributed by atoms with Crippen LogP contribution < -0.4 is 10.1 Å². The van der Waals surface area contributed by atoms with Gasteiger partial charge >= 0.3 is 0 Å². The molecule has 1 fully saturated rings. The fraction of sp³-hybridized carbons (Fsp3) is 0.600. The van der Waals surface area contributed by atoms with Crippen LogP contribution >= 0.6 is 23.2 Å². The number of β-amino-alcohol motifs (C(OH)–C–C–N with tert-alkyl or cyclic N) is 1. The largest absolute Gasteiger partial charge is 0.491 e. The Bertz CT molecular complexity index is 486. The highest BCUT2D eigenvalue weighted by Crippen LogP contribution is 2.27. The van der Waals surface area contributed by atoms with E-state index in [1.165, 1.54) is 0 Å². The summed E-state index contributed by atoms with van der Waals surface area (Å²) in [5.41, 5.74) is -0.0927. The summed E-state index contributed by atoms with van der Waals surface area (Å²) in [5, 5.41) is 14.3. The Labute approximate surface area is 135 Å². The number of benzene rings is 1. The maximum Gasteiger partial charge on any atom is 0.121 e. The predicted octanol–water partition coefficient (Wildman–Crippen LogP) is 2.89. The number of halogens is 2. The minimum Gasteiger partial charge on any atom is -0.491 e. The van der Waals surface area contributed by atoms with Crippen LogP contribution in [0.15, 0.2) is 18.2 Å². The van der Waals surface area contributed by atoms with Gasteiger partial charge in [0, 0.05) is 24.8 Å². The van der Waals surface area contributed by atoms with Gasteiger partial charge in [-0.1, -0.05) is 23.2 Å². The second-order valence-corrected chi connectivity index (χ2v) is 6.42. The highest BCUT2D eigenvalue weighted by atomic mass is 35.5. The third-order valence-electron chi connectivity index (χ3n) is 3.96. The first-order valence-corrected chi connectivity index (χ1v) is 7.79. The van der Waals surface area contributed by atoms with Crippen LogP contribution in [0.25, 0.3) is 0 Å². The lowest BCUT2D eigenvalue weighted by molar-refractivity contribution is 0.0686. The molecule has 1 aromatic rings. The number of rotatable bonds is 6. The molecule has 0 radical (unpaired) electrons. The summed E-state index contributed by atoms with van der Waals surface area (Å²) in [6.45, 7) is 5.54. The highest BCUT2D eigenvalue weighted by Gasteiger charge is 2.36. The number of hydrogen-bond acceptors (Lipinski definition) is 4. The number of ether oxygens (including phenoxy) is 2. The predicted molar refractivity (Wildman–Crippen MR) is 84.4 cm³/mol. The molecule has 21 heavy (non-hydrogen) atoms. The highest BCUT2D eigenvalue weighted by molar-refractivity contribution is 6.42. The second-order valence-electron chi connectivity index (χ2n) is 5.60. The second kappa shape index (κ2) is 7.16. The van der Waals surface area contributed by atoms with Gasteiger partial charge in [-0.15, -0.1) is 0 Å². The van der Waals surface area contributed by atoms with E-state index in [1.54, 1.807) is 18.2 Å². The van der Waals surface area contributed by atoms with E-state index in [1.807, 2.05) is 6.92 Å². The molecule has 2 rings (SSSR count). The summed E-state index contributed by atoms with van der Waals surface area (Å²) in [6.07, 6.45) is 0.471. The lowest BCUT2D eigenvalue weighted by Gasteiger charge is -2.30. The van der Waals surface area contributed by atoms with E-state index in [0.717, 1.165) is 13.0 Å². The molecule has 0 spiro atoms. The molecule has 118 valence electrons. The number of hydrogen-bond donors (Lipinski definition) is 2. The summed E-state index contributed by atoms with van der Waals surface area (Å²) in [4.78, 5) is 0. The summed E-state index contributed by atoms with van der Waals surface area (Å²) >= 11 is 11.7. The number of aliphatic hydroxyl groups excluding tert-OH is 1. The van der Waals surface area contributed by atoms with E-state index >= 15 is 0 Å². The molecule has 1 saturated heterocycles. The van der Waals surface area contributed by atoms with Crippen molar-refractivity contribution >= 4 is 23.2 Å². The van der Waals surface area contributed by atoms with Gasteiger partial charge in [0.15, 0.2) is 0 Å². The minimum atomic E-state index is -0.607. The van der Waals surface area contributed by atoms with Crippen LogP contribution in [0, 0.1) is 0 Å². The maximum atomic E-state index is 10.0. The van der Waals surface area contributed by atoms with Gasteiger partial charge in [-0.2, -0.15) is 0 Å². The van der Waals surface area contributed by atoms with Gasteiger partial charge in [0.05, 0.1) is 16.1 Å². The Morgan fingerprint density at radius 3 is 2.86 bits per heavy atom. The molecule has 4 nitrogen and oxygen atoms in total. The van der Waals surface area contributed by atoms with Crippen LogP contribution in [-0.2, 0) is 4.74 Å². The SMILES string of the molecule is CC1OCCC1(C)NCC(O)COc1ccc(Cl)c(Cl)c1. The molecule has 0 saturated carbocycles. The number of aliphatic hydroxyl groups is 1. The van der Waals surface area contributed by atoms with Gasteiger partial charge in [0.1, 0.15) is 18.5 Å². The zero-order valence-corrected chi connectivity index (χ0v) is 13.7. The zero-order valence-electron chi connectivity index (χ0n) is 12.2. The first-order valence-electron chi connectivity index (χ1n) is 7.03. The Kier molecular flexibility index (Phi) is 5.74. The molecule has 2 N–H and O–H groups in total. The van der Waals surface area contributed by atoms with Gasteiger partial charge < -0.3 is 19.9 Å². The van der Waals surface area contributed by atoms with Gasteiger partial charge in [-0.05, 0) is 32.4 Å². The maximum absolute atomic E-state index is 10.0. The molecule has 1 aliphatic rings. The van der Waals surface area contributed by atoms with Crippen LogP contribution in [0.3, 0.4) is 0 Å². The van der Waals surface area contributed by atoms with Gasteiger partial charge in [-0.3, -0.25) is 0 Å². The summed E-state index contributed by atoms with van der Waals surface area (Å²) in [6, 6.07) is 5.03. The minimum absolute atomic E-state index is 0.0927. The van der Waals surface area contributed by atoms with Crippen molar-refractivity contribution in [2.24, 2.45) is 0 Å². The Morgan fingerprint density at radius 2 is 2.24 bits per heavy atom. The molecule has 0 bridgehead atoms. The van der Waals surface area contributed by atoms with Crippen molar-refractivity contribution in [3.63, 3.8) is 0 Å². The molecule has 1 heterocycles. The molecule has 3 unspecified atom stereocenters. The Balaban J connectivity index is 1.77. The smallest absolute Gasteiger partial charge is 0.121 e. The molecular weight excluding hydrogens is 313 g/mol. The van der Waals surface area contributed by atoms with Gasteiger partial charge in [0.2, 0.25) is 0 Å². The summed E-state index contributed by atoms with van der Waals surface area (Å²) in [5.74, 6) is 0.590. The zero-order chi connectivity index (χ0) is 15.5. The third-order valence-corrected chi connectivity index (χ3v) is 4.70. The van der Waals surface area contributed by atoms with E-state index in [2.05, 4.69) is 12.2 Å².